The first-order chi connectivity index (χ1) is 17.0. The molecule has 35 heavy (non-hydrogen) atoms. The summed E-state index contributed by atoms with van der Waals surface area (Å²) in [7, 11) is 3.07. The van der Waals surface area contributed by atoms with Gasteiger partial charge in [-0.1, -0.05) is 29.9 Å². The fourth-order valence-electron chi connectivity index (χ4n) is 2.87. The Hall–Kier alpha value is -3.81. The van der Waals surface area contributed by atoms with Crippen molar-refractivity contribution in [2.24, 2.45) is 0 Å². The van der Waals surface area contributed by atoms with Crippen LogP contribution in [0.4, 0.5) is 5.13 Å². The molecule has 0 aliphatic rings. The maximum atomic E-state index is 12.5. The van der Waals surface area contributed by atoms with E-state index in [0.717, 1.165) is 10.8 Å². The second kappa shape index (κ2) is 12.6. The Bertz CT molecular complexity index is 1240. The van der Waals surface area contributed by atoms with Crippen molar-refractivity contribution in [3.63, 3.8) is 0 Å². The fraction of sp³-hybridized carbons (Fsp3) is 0.250. The number of halogens is 1. The topological polar surface area (TPSA) is 116 Å². The van der Waals surface area contributed by atoms with E-state index < -0.39 is 5.91 Å². The Morgan fingerprint density at radius 1 is 1.11 bits per heavy atom. The molecule has 1 heterocycles. The highest BCUT2D eigenvalue weighted by Gasteiger charge is 2.15. The number of anilines is 1. The minimum Gasteiger partial charge on any atom is -0.497 e. The molecule has 0 saturated heterocycles. The van der Waals surface area contributed by atoms with Crippen molar-refractivity contribution < 1.29 is 23.7 Å². The first-order valence-corrected chi connectivity index (χ1v) is 11.7. The molecule has 3 aromatic rings. The van der Waals surface area contributed by atoms with Crippen molar-refractivity contribution in [2.45, 2.75) is 13.3 Å². The van der Waals surface area contributed by atoms with Crippen molar-refractivity contribution >= 4 is 40.1 Å². The van der Waals surface area contributed by atoms with E-state index in [2.05, 4.69) is 15.5 Å². The van der Waals surface area contributed by atoms with Gasteiger partial charge in [0.1, 0.15) is 41.4 Å². The molecule has 2 aromatic carbocycles. The average molecular weight is 515 g/mol. The van der Waals surface area contributed by atoms with E-state index >= 15 is 0 Å². The standard InChI is InChI=1S/C24H23ClN4O5S/c1-4-21-28-29-24(35-21)27-23(30)16(14-26)11-15-12-19(25)22(20(13-15)32-3)34-10-9-33-18-7-5-17(31-2)6-8-18/h5-8,11-13H,4,9-10H2,1-3H3,(H,27,29,30)/b16-11-. The molecular weight excluding hydrogens is 492 g/mol. The quantitative estimate of drug-likeness (QED) is 0.221. The van der Waals surface area contributed by atoms with Crippen LogP contribution in [0.2, 0.25) is 5.02 Å². The molecule has 9 nitrogen and oxygen atoms in total. The van der Waals surface area contributed by atoms with Crippen molar-refractivity contribution in [2.75, 3.05) is 32.8 Å². The van der Waals surface area contributed by atoms with Crippen LogP contribution in [0.25, 0.3) is 6.08 Å². The minimum atomic E-state index is -0.600. The first kappa shape index (κ1) is 25.8. The Labute approximate surface area is 211 Å². The maximum absolute atomic E-state index is 12.5. The lowest BCUT2D eigenvalue weighted by Gasteiger charge is -2.14. The second-order valence-corrected chi connectivity index (χ2v) is 8.35. The molecule has 0 saturated carbocycles. The molecule has 0 spiro atoms. The Balaban J connectivity index is 1.66. The van der Waals surface area contributed by atoms with Gasteiger partial charge in [-0.2, -0.15) is 5.26 Å². The Kier molecular flexibility index (Phi) is 9.29. The zero-order valence-corrected chi connectivity index (χ0v) is 20.9. The number of amides is 1. The smallest absolute Gasteiger partial charge is 0.268 e. The van der Waals surface area contributed by atoms with Crippen LogP contribution >= 0.6 is 22.9 Å². The van der Waals surface area contributed by atoms with E-state index in [4.69, 9.17) is 30.5 Å². The molecule has 0 aliphatic carbocycles. The van der Waals surface area contributed by atoms with Crippen LogP contribution in [0.15, 0.2) is 42.0 Å². The highest BCUT2D eigenvalue weighted by molar-refractivity contribution is 7.15. The van der Waals surface area contributed by atoms with E-state index in [0.29, 0.717) is 34.4 Å². The lowest BCUT2D eigenvalue weighted by molar-refractivity contribution is -0.112. The average Bonchev–Trinajstić information content (AvgIpc) is 3.33. The summed E-state index contributed by atoms with van der Waals surface area (Å²) in [6.07, 6.45) is 2.11. The summed E-state index contributed by atoms with van der Waals surface area (Å²) in [6, 6.07) is 12.3. The Morgan fingerprint density at radius 2 is 1.83 bits per heavy atom. The zero-order valence-electron chi connectivity index (χ0n) is 19.3. The number of rotatable bonds is 11. The van der Waals surface area contributed by atoms with Gasteiger partial charge in [-0.15, -0.1) is 10.2 Å². The maximum Gasteiger partial charge on any atom is 0.268 e. The number of nitrogens with one attached hydrogen (secondary N) is 1. The lowest BCUT2D eigenvalue weighted by Crippen LogP contribution is -2.13. The fourth-order valence-corrected chi connectivity index (χ4v) is 3.81. The molecular formula is C24H23ClN4O5S. The van der Waals surface area contributed by atoms with E-state index in [1.807, 2.05) is 13.0 Å². The summed E-state index contributed by atoms with van der Waals surface area (Å²) < 4.78 is 21.9. The van der Waals surface area contributed by atoms with Crippen LogP contribution < -0.4 is 24.3 Å². The van der Waals surface area contributed by atoms with Gasteiger partial charge in [0.2, 0.25) is 5.13 Å². The van der Waals surface area contributed by atoms with Gasteiger partial charge < -0.3 is 18.9 Å². The highest BCUT2D eigenvalue weighted by atomic mass is 35.5. The first-order valence-electron chi connectivity index (χ1n) is 10.5. The van der Waals surface area contributed by atoms with Crippen molar-refractivity contribution in [3.8, 4) is 29.1 Å². The predicted molar refractivity (Wildman–Crippen MR) is 133 cm³/mol. The zero-order chi connectivity index (χ0) is 25.2. The third-order valence-electron chi connectivity index (χ3n) is 4.58. The van der Waals surface area contributed by atoms with Gasteiger partial charge in [0.25, 0.3) is 5.91 Å². The van der Waals surface area contributed by atoms with Crippen LogP contribution in [-0.2, 0) is 11.2 Å². The molecule has 0 aliphatic heterocycles. The van der Waals surface area contributed by atoms with Crippen LogP contribution in [-0.4, -0.2) is 43.5 Å². The van der Waals surface area contributed by atoms with Crippen LogP contribution in [0.3, 0.4) is 0 Å². The predicted octanol–water partition coefficient (Wildman–Crippen LogP) is 4.77. The number of benzene rings is 2. The number of carbonyl (C=O) groups excluding carboxylic acids is 1. The van der Waals surface area contributed by atoms with Gasteiger partial charge in [-0.05, 0) is 54.5 Å². The number of aromatic nitrogens is 2. The van der Waals surface area contributed by atoms with Gasteiger partial charge in [-0.3, -0.25) is 10.1 Å². The number of hydrogen-bond acceptors (Lipinski definition) is 9. The number of aryl methyl sites for hydroxylation is 1. The summed E-state index contributed by atoms with van der Waals surface area (Å²) in [5, 5.41) is 21.3. The highest BCUT2D eigenvalue weighted by Crippen LogP contribution is 2.37. The molecule has 182 valence electrons. The number of nitrogens with zero attached hydrogens (tertiary/aromatic N) is 3. The molecule has 0 unspecified atom stereocenters. The number of ether oxygens (including phenoxy) is 4. The van der Waals surface area contributed by atoms with Crippen LogP contribution in [0.5, 0.6) is 23.0 Å². The third kappa shape index (κ3) is 7.09. The number of hydrogen-bond donors (Lipinski definition) is 1. The normalized spacial score (nSPS) is 10.9. The SMILES string of the molecule is CCc1nnc(NC(=O)/C(C#N)=C\c2cc(Cl)c(OCCOc3ccc(OC)cc3)c(OC)c2)s1. The second-order valence-electron chi connectivity index (χ2n) is 6.89. The number of methoxy groups -OCH3 is 2. The van der Waals surface area contributed by atoms with Gasteiger partial charge in [0.05, 0.1) is 19.2 Å². The molecule has 0 atom stereocenters. The summed E-state index contributed by atoms with van der Waals surface area (Å²) >= 11 is 7.66. The summed E-state index contributed by atoms with van der Waals surface area (Å²) in [4.78, 5) is 12.5. The monoisotopic (exact) mass is 514 g/mol. The summed E-state index contributed by atoms with van der Waals surface area (Å²) in [5.74, 6) is 1.49. The van der Waals surface area contributed by atoms with Gasteiger partial charge in [0, 0.05) is 0 Å². The summed E-state index contributed by atoms with van der Waals surface area (Å²) in [5.41, 5.74) is 0.366. The van der Waals surface area contributed by atoms with Crippen molar-refractivity contribution in [3.05, 3.63) is 57.6 Å². The molecule has 1 aromatic heterocycles. The molecule has 0 bridgehead atoms. The minimum absolute atomic E-state index is 0.127. The molecule has 1 N–H and O–H groups in total. The number of nitriles is 1. The van der Waals surface area contributed by atoms with Gasteiger partial charge >= 0.3 is 0 Å². The van der Waals surface area contributed by atoms with Gasteiger partial charge in [0.15, 0.2) is 11.5 Å². The molecule has 0 fully saturated rings. The molecule has 3 rings (SSSR count). The van der Waals surface area contributed by atoms with Crippen LogP contribution in [0.1, 0.15) is 17.5 Å². The largest absolute Gasteiger partial charge is 0.497 e. The van der Waals surface area contributed by atoms with Crippen molar-refractivity contribution in [1.29, 1.82) is 5.26 Å². The number of carbonyl (C=O) groups is 1. The third-order valence-corrected chi connectivity index (χ3v) is 5.84. The van der Waals surface area contributed by atoms with Crippen LogP contribution in [0, 0.1) is 11.3 Å². The van der Waals surface area contributed by atoms with E-state index in [1.165, 1.54) is 24.5 Å². The Morgan fingerprint density at radius 3 is 2.46 bits per heavy atom. The lowest BCUT2D eigenvalue weighted by atomic mass is 10.1. The van der Waals surface area contributed by atoms with Gasteiger partial charge in [-0.25, -0.2) is 0 Å². The van der Waals surface area contributed by atoms with E-state index in [9.17, 15) is 10.1 Å². The van der Waals surface area contributed by atoms with E-state index in [-0.39, 0.29) is 23.8 Å². The van der Waals surface area contributed by atoms with E-state index in [1.54, 1.807) is 43.5 Å². The molecule has 1 amide bonds. The van der Waals surface area contributed by atoms with Crippen molar-refractivity contribution in [1.82, 2.24) is 10.2 Å². The molecule has 11 heteroatoms. The summed E-state index contributed by atoms with van der Waals surface area (Å²) in [6.45, 7) is 2.42. The molecule has 0 radical (unpaired) electrons.